The van der Waals surface area contributed by atoms with E-state index in [0.29, 0.717) is 18.5 Å². The molecule has 3 aromatic rings. The van der Waals surface area contributed by atoms with Crippen molar-refractivity contribution in [3.05, 3.63) is 78.1 Å². The number of nitrogens with one attached hydrogen (secondary N) is 1. The van der Waals surface area contributed by atoms with E-state index in [1.165, 1.54) is 6.07 Å². The van der Waals surface area contributed by atoms with Crippen LogP contribution in [0.5, 0.6) is 0 Å². The Morgan fingerprint density at radius 2 is 2.04 bits per heavy atom. The fourth-order valence-corrected chi connectivity index (χ4v) is 2.40. The zero-order valence-corrected chi connectivity index (χ0v) is 13.0. The van der Waals surface area contributed by atoms with Crippen molar-refractivity contribution < 1.29 is 13.6 Å². The predicted molar refractivity (Wildman–Crippen MR) is 88.5 cm³/mol. The molecular weight excluding hydrogens is 307 g/mol. The molecule has 4 nitrogen and oxygen atoms in total. The highest BCUT2D eigenvalue weighted by atomic mass is 19.1. The number of aromatic nitrogens is 1. The number of nitrogens with zero attached hydrogens (tertiary/aromatic N) is 1. The third-order valence-electron chi connectivity index (χ3n) is 3.67. The van der Waals surface area contributed by atoms with Crippen LogP contribution in [0.25, 0.3) is 11.3 Å². The van der Waals surface area contributed by atoms with Crippen molar-refractivity contribution in [2.75, 3.05) is 0 Å². The molecule has 5 heteroatoms. The van der Waals surface area contributed by atoms with Crippen LogP contribution in [0.1, 0.15) is 17.5 Å². The number of amides is 1. The molecule has 1 N–H and O–H groups in total. The van der Waals surface area contributed by atoms with Gasteiger partial charge in [-0.05, 0) is 41.8 Å². The first-order chi connectivity index (χ1) is 11.7. The summed E-state index contributed by atoms with van der Waals surface area (Å²) in [6, 6.07) is 12.1. The Morgan fingerprint density at radius 1 is 1.17 bits per heavy atom. The van der Waals surface area contributed by atoms with Gasteiger partial charge in [-0.1, -0.05) is 18.2 Å². The van der Waals surface area contributed by atoms with Crippen LogP contribution in [0.2, 0.25) is 0 Å². The molecule has 1 amide bonds. The Bertz CT molecular complexity index is 816. The van der Waals surface area contributed by atoms with Crippen molar-refractivity contribution >= 4 is 5.91 Å². The topological polar surface area (TPSA) is 55.1 Å². The number of furan rings is 1. The number of hydrogen-bond acceptors (Lipinski definition) is 3. The minimum atomic E-state index is -0.277. The third-order valence-corrected chi connectivity index (χ3v) is 3.67. The predicted octanol–water partition coefficient (Wildman–Crippen LogP) is 3.73. The van der Waals surface area contributed by atoms with E-state index in [-0.39, 0.29) is 18.1 Å². The zero-order valence-electron chi connectivity index (χ0n) is 13.0. The van der Waals surface area contributed by atoms with Gasteiger partial charge in [-0.2, -0.15) is 0 Å². The molecule has 0 aliphatic carbocycles. The molecule has 3 rings (SSSR count). The molecule has 2 heterocycles. The lowest BCUT2D eigenvalue weighted by atomic mass is 10.1. The number of benzene rings is 1. The summed E-state index contributed by atoms with van der Waals surface area (Å²) in [5, 5.41) is 2.83. The molecule has 0 aliphatic heterocycles. The molecule has 24 heavy (non-hydrogen) atoms. The number of rotatable bonds is 6. The Kier molecular flexibility index (Phi) is 5.01. The van der Waals surface area contributed by atoms with Crippen LogP contribution in [0.3, 0.4) is 0 Å². The SMILES string of the molecule is O=C(CCc1ccccc1F)NCc1cncc(-c2ccco2)c1. The van der Waals surface area contributed by atoms with Gasteiger partial charge < -0.3 is 9.73 Å². The van der Waals surface area contributed by atoms with Gasteiger partial charge in [0.25, 0.3) is 0 Å². The minimum Gasteiger partial charge on any atom is -0.464 e. The second-order valence-corrected chi connectivity index (χ2v) is 5.43. The summed E-state index contributed by atoms with van der Waals surface area (Å²) in [6.07, 6.45) is 5.63. The highest BCUT2D eigenvalue weighted by molar-refractivity contribution is 5.76. The van der Waals surface area contributed by atoms with E-state index in [9.17, 15) is 9.18 Å². The van der Waals surface area contributed by atoms with Crippen LogP contribution >= 0.6 is 0 Å². The molecule has 0 unspecified atom stereocenters. The Morgan fingerprint density at radius 3 is 2.83 bits per heavy atom. The number of aryl methyl sites for hydroxylation is 1. The van der Waals surface area contributed by atoms with E-state index in [1.54, 1.807) is 36.9 Å². The average molecular weight is 324 g/mol. The van der Waals surface area contributed by atoms with Crippen molar-refractivity contribution in [1.29, 1.82) is 0 Å². The summed E-state index contributed by atoms with van der Waals surface area (Å²) in [4.78, 5) is 16.1. The summed E-state index contributed by atoms with van der Waals surface area (Å²) in [6.45, 7) is 0.373. The lowest BCUT2D eigenvalue weighted by Gasteiger charge is -2.07. The second-order valence-electron chi connectivity index (χ2n) is 5.43. The normalized spacial score (nSPS) is 10.5. The van der Waals surface area contributed by atoms with Gasteiger partial charge in [0.2, 0.25) is 5.91 Å². The fourth-order valence-electron chi connectivity index (χ4n) is 2.40. The van der Waals surface area contributed by atoms with Gasteiger partial charge in [0.05, 0.1) is 6.26 Å². The van der Waals surface area contributed by atoms with E-state index >= 15 is 0 Å². The van der Waals surface area contributed by atoms with Crippen LogP contribution in [0, 0.1) is 5.82 Å². The first-order valence-electron chi connectivity index (χ1n) is 7.70. The number of halogens is 1. The molecule has 0 spiro atoms. The molecule has 0 bridgehead atoms. The van der Waals surface area contributed by atoms with Gasteiger partial charge in [0, 0.05) is 30.9 Å². The Hall–Kier alpha value is -2.95. The molecular formula is C19H17FN2O2. The molecule has 0 saturated heterocycles. The highest BCUT2D eigenvalue weighted by Crippen LogP contribution is 2.19. The van der Waals surface area contributed by atoms with Gasteiger partial charge in [0.1, 0.15) is 11.6 Å². The monoisotopic (exact) mass is 324 g/mol. The van der Waals surface area contributed by atoms with Crippen LogP contribution in [0.4, 0.5) is 4.39 Å². The second kappa shape index (κ2) is 7.55. The molecule has 1 aromatic carbocycles. The number of pyridine rings is 1. The van der Waals surface area contributed by atoms with Gasteiger partial charge in [-0.3, -0.25) is 9.78 Å². The van der Waals surface area contributed by atoms with E-state index < -0.39 is 0 Å². The van der Waals surface area contributed by atoms with Gasteiger partial charge in [-0.15, -0.1) is 0 Å². The summed E-state index contributed by atoms with van der Waals surface area (Å²) >= 11 is 0. The number of carbonyl (C=O) groups is 1. The first-order valence-corrected chi connectivity index (χ1v) is 7.70. The minimum absolute atomic E-state index is 0.123. The largest absolute Gasteiger partial charge is 0.464 e. The molecule has 2 aromatic heterocycles. The molecule has 122 valence electrons. The maximum absolute atomic E-state index is 13.5. The van der Waals surface area contributed by atoms with Crippen LogP contribution in [-0.4, -0.2) is 10.9 Å². The van der Waals surface area contributed by atoms with E-state index in [1.807, 2.05) is 18.2 Å². The van der Waals surface area contributed by atoms with Gasteiger partial charge >= 0.3 is 0 Å². The summed E-state index contributed by atoms with van der Waals surface area (Å²) in [5.74, 6) is 0.331. The standard InChI is InChI=1S/C19H17FN2O2/c20-17-5-2-1-4-15(17)7-8-19(23)22-12-14-10-16(13-21-11-14)18-6-3-9-24-18/h1-6,9-11,13H,7-8,12H2,(H,22,23). The van der Waals surface area contributed by atoms with Gasteiger partial charge in [0.15, 0.2) is 0 Å². The van der Waals surface area contributed by atoms with E-state index in [4.69, 9.17) is 4.42 Å². The van der Waals surface area contributed by atoms with E-state index in [0.717, 1.165) is 16.9 Å². The molecule has 0 saturated carbocycles. The number of carbonyl (C=O) groups excluding carboxylic acids is 1. The third kappa shape index (κ3) is 4.07. The van der Waals surface area contributed by atoms with Crippen LogP contribution < -0.4 is 5.32 Å². The fraction of sp³-hybridized carbons (Fsp3) is 0.158. The molecule has 0 aliphatic rings. The van der Waals surface area contributed by atoms with Crippen molar-refractivity contribution in [2.24, 2.45) is 0 Å². The molecule has 0 radical (unpaired) electrons. The van der Waals surface area contributed by atoms with Crippen molar-refractivity contribution in [1.82, 2.24) is 10.3 Å². The highest BCUT2D eigenvalue weighted by Gasteiger charge is 2.07. The zero-order chi connectivity index (χ0) is 16.8. The van der Waals surface area contributed by atoms with E-state index in [2.05, 4.69) is 10.3 Å². The van der Waals surface area contributed by atoms with Crippen LogP contribution in [-0.2, 0) is 17.8 Å². The molecule has 0 atom stereocenters. The van der Waals surface area contributed by atoms with Crippen molar-refractivity contribution in [3.63, 3.8) is 0 Å². The lowest BCUT2D eigenvalue weighted by Crippen LogP contribution is -2.23. The van der Waals surface area contributed by atoms with Crippen molar-refractivity contribution in [2.45, 2.75) is 19.4 Å². The smallest absolute Gasteiger partial charge is 0.220 e. The van der Waals surface area contributed by atoms with Crippen LogP contribution in [0.15, 0.2) is 65.5 Å². The Balaban J connectivity index is 1.53. The first kappa shape index (κ1) is 15.9. The lowest BCUT2D eigenvalue weighted by molar-refractivity contribution is -0.121. The maximum Gasteiger partial charge on any atom is 0.220 e. The summed E-state index contributed by atoms with van der Waals surface area (Å²) < 4.78 is 18.9. The number of hydrogen-bond donors (Lipinski definition) is 1. The summed E-state index contributed by atoms with van der Waals surface area (Å²) in [5.41, 5.74) is 2.29. The van der Waals surface area contributed by atoms with Gasteiger partial charge in [-0.25, -0.2) is 4.39 Å². The Labute approximate surface area is 139 Å². The van der Waals surface area contributed by atoms with Crippen molar-refractivity contribution in [3.8, 4) is 11.3 Å². The summed E-state index contributed by atoms with van der Waals surface area (Å²) in [7, 11) is 0. The molecule has 0 fully saturated rings. The maximum atomic E-state index is 13.5. The quantitative estimate of drug-likeness (QED) is 0.751. The average Bonchev–Trinajstić information content (AvgIpc) is 3.14.